The molecule has 0 bridgehead atoms. The third-order valence-corrected chi connectivity index (χ3v) is 6.57. The quantitative estimate of drug-likeness (QED) is 0.609. The lowest BCUT2D eigenvalue weighted by atomic mass is 10.0. The van der Waals surface area contributed by atoms with Crippen LogP contribution >= 0.6 is 22.6 Å². The summed E-state index contributed by atoms with van der Waals surface area (Å²) < 4.78 is 2.75. The van der Waals surface area contributed by atoms with Gasteiger partial charge in [0.2, 0.25) is 5.91 Å². The smallest absolute Gasteiger partial charge is 0.330 e. The van der Waals surface area contributed by atoms with E-state index in [1.165, 1.54) is 4.90 Å². The van der Waals surface area contributed by atoms with Crippen LogP contribution in [0.2, 0.25) is 0 Å². The van der Waals surface area contributed by atoms with Crippen LogP contribution in [0.5, 0.6) is 0 Å². The highest BCUT2D eigenvalue weighted by Crippen LogP contribution is 2.26. The number of carbonyl (C=O) groups is 3. The summed E-state index contributed by atoms with van der Waals surface area (Å²) >= 11 is 2.20. The number of nitrogens with one attached hydrogen (secondary N) is 1. The molecule has 2 aliphatic rings. The number of fused-ring (bicyclic) bond motifs is 1. The van der Waals surface area contributed by atoms with Crippen molar-refractivity contribution in [2.75, 3.05) is 32.0 Å². The number of aromatic nitrogens is 2. The van der Waals surface area contributed by atoms with Gasteiger partial charge in [-0.05, 0) is 66.6 Å². The summed E-state index contributed by atoms with van der Waals surface area (Å²) in [5.74, 6) is 0.624. The van der Waals surface area contributed by atoms with Crippen molar-refractivity contribution in [2.24, 2.45) is 0 Å². The van der Waals surface area contributed by atoms with Gasteiger partial charge < -0.3 is 20.0 Å². The maximum absolute atomic E-state index is 12.7. The summed E-state index contributed by atoms with van der Waals surface area (Å²) in [5, 5.41) is 2.80. The average Bonchev–Trinajstić information content (AvgIpc) is 3.29. The number of likely N-dealkylation sites (N-methyl/N-ethyl adjacent to an activating group) is 1. The molecule has 1 aromatic heterocycles. The number of hydrogen-bond acceptors (Lipinski definition) is 4. The van der Waals surface area contributed by atoms with Crippen LogP contribution < -0.4 is 5.32 Å². The van der Waals surface area contributed by atoms with E-state index in [1.54, 1.807) is 22.7 Å². The first kappa shape index (κ1) is 21.6. The first-order chi connectivity index (χ1) is 14.8. The second-order valence-electron chi connectivity index (χ2n) is 7.95. The zero-order valence-electron chi connectivity index (χ0n) is 17.5. The number of urea groups is 1. The number of hydrogen-bond donors (Lipinski definition) is 1. The summed E-state index contributed by atoms with van der Waals surface area (Å²) in [6.45, 7) is 3.56. The number of rotatable bonds is 4. The summed E-state index contributed by atoms with van der Waals surface area (Å²) in [6, 6.07) is 7.23. The predicted octanol–water partition coefficient (Wildman–Crippen LogP) is 2.73. The van der Waals surface area contributed by atoms with Gasteiger partial charge in [-0.1, -0.05) is 0 Å². The molecule has 31 heavy (non-hydrogen) atoms. The van der Waals surface area contributed by atoms with Gasteiger partial charge in [-0.3, -0.25) is 9.36 Å². The number of benzene rings is 1. The molecule has 4 amide bonds. The van der Waals surface area contributed by atoms with Crippen molar-refractivity contribution in [3.63, 3.8) is 0 Å². The molecule has 0 saturated carbocycles. The van der Waals surface area contributed by atoms with E-state index in [-0.39, 0.29) is 30.6 Å². The van der Waals surface area contributed by atoms with Gasteiger partial charge in [0.25, 0.3) is 0 Å². The van der Waals surface area contributed by atoms with Crippen molar-refractivity contribution >= 4 is 46.2 Å². The monoisotopic (exact) mass is 536 g/mol. The Bertz CT molecular complexity index is 997. The summed E-state index contributed by atoms with van der Waals surface area (Å²) in [7, 11) is 1.61. The minimum absolute atomic E-state index is 0.0137. The Balaban J connectivity index is 1.26. The van der Waals surface area contributed by atoms with Crippen LogP contribution in [0.15, 0.2) is 30.5 Å². The average molecular weight is 536 g/mol. The van der Waals surface area contributed by atoms with Crippen molar-refractivity contribution in [3.05, 3.63) is 45.6 Å². The number of carbonyl (C=O) groups excluding carboxylic acids is 3. The number of imidazole rings is 1. The molecule has 2 aromatic rings. The Morgan fingerprint density at radius 2 is 1.90 bits per heavy atom. The van der Waals surface area contributed by atoms with Crippen LogP contribution in [-0.2, 0) is 11.3 Å². The maximum atomic E-state index is 12.7. The highest BCUT2D eigenvalue weighted by atomic mass is 127. The molecule has 2 aliphatic heterocycles. The Kier molecular flexibility index (Phi) is 6.17. The van der Waals surface area contributed by atoms with Gasteiger partial charge in [-0.2, -0.15) is 0 Å². The molecule has 0 radical (unpaired) electrons. The van der Waals surface area contributed by atoms with Gasteiger partial charge in [0.05, 0.1) is 18.4 Å². The standard InChI is InChI=1S/C21H25IN6O3/c1-14-23-11-18-12-27(21(31)28(14)18)17-7-9-26(10-8-17)19(29)13-25(2)20(30)24-16-5-3-15(22)4-6-16/h3-6,11,17H,7-10,12-13H2,1-2H3,(H,24,30). The van der Waals surface area contributed by atoms with Crippen molar-refractivity contribution in [3.8, 4) is 0 Å². The Labute approximate surface area is 194 Å². The molecule has 164 valence electrons. The van der Waals surface area contributed by atoms with E-state index < -0.39 is 0 Å². The SMILES string of the molecule is Cc1ncc2n1C(=O)N(C1CCN(C(=O)CN(C)C(=O)Nc3ccc(I)cc3)CC1)C2. The number of piperidine rings is 1. The highest BCUT2D eigenvalue weighted by Gasteiger charge is 2.36. The number of aryl methyl sites for hydroxylation is 1. The van der Waals surface area contributed by atoms with Gasteiger partial charge in [-0.25, -0.2) is 14.6 Å². The largest absolute Gasteiger partial charge is 0.341 e. The molecule has 1 aromatic carbocycles. The van der Waals surface area contributed by atoms with Crippen molar-refractivity contribution in [2.45, 2.75) is 32.4 Å². The van der Waals surface area contributed by atoms with Gasteiger partial charge in [-0.15, -0.1) is 0 Å². The molecule has 4 rings (SSSR count). The molecule has 3 heterocycles. The number of anilines is 1. The fraction of sp³-hybridized carbons (Fsp3) is 0.429. The summed E-state index contributed by atoms with van der Waals surface area (Å²) in [4.78, 5) is 47.0. The van der Waals surface area contributed by atoms with Gasteiger partial charge in [0, 0.05) is 35.4 Å². The molecule has 9 nitrogen and oxygen atoms in total. The van der Waals surface area contributed by atoms with Crippen LogP contribution in [0.25, 0.3) is 0 Å². The Morgan fingerprint density at radius 1 is 1.23 bits per heavy atom. The molecular formula is C21H25IN6O3. The first-order valence-electron chi connectivity index (χ1n) is 10.2. The number of halogens is 1. The van der Waals surface area contributed by atoms with Crippen molar-refractivity contribution in [1.29, 1.82) is 0 Å². The van der Waals surface area contributed by atoms with E-state index in [4.69, 9.17) is 0 Å². The predicted molar refractivity (Wildman–Crippen MR) is 124 cm³/mol. The number of amides is 4. The molecule has 0 spiro atoms. The van der Waals surface area contributed by atoms with E-state index in [1.807, 2.05) is 36.1 Å². The molecule has 1 N–H and O–H groups in total. The highest BCUT2D eigenvalue weighted by molar-refractivity contribution is 14.1. The van der Waals surface area contributed by atoms with E-state index >= 15 is 0 Å². The first-order valence-corrected chi connectivity index (χ1v) is 11.3. The third-order valence-electron chi connectivity index (χ3n) is 5.85. The minimum Gasteiger partial charge on any atom is -0.341 e. The summed E-state index contributed by atoms with van der Waals surface area (Å²) in [5.41, 5.74) is 1.61. The molecular weight excluding hydrogens is 511 g/mol. The maximum Gasteiger partial charge on any atom is 0.330 e. The molecule has 0 atom stereocenters. The fourth-order valence-corrected chi connectivity index (χ4v) is 4.43. The normalized spacial score (nSPS) is 16.4. The summed E-state index contributed by atoms with van der Waals surface area (Å²) in [6.07, 6.45) is 3.21. The van der Waals surface area contributed by atoms with Gasteiger partial charge in [0.1, 0.15) is 12.4 Å². The molecule has 0 unspecified atom stereocenters. The molecule has 0 aliphatic carbocycles. The second kappa shape index (κ2) is 8.85. The lowest BCUT2D eigenvalue weighted by molar-refractivity contribution is -0.132. The Morgan fingerprint density at radius 3 is 2.55 bits per heavy atom. The Hall–Kier alpha value is -2.63. The van der Waals surface area contributed by atoms with Crippen LogP contribution in [0.4, 0.5) is 15.3 Å². The van der Waals surface area contributed by atoms with Gasteiger partial charge >= 0.3 is 12.1 Å². The molecule has 1 saturated heterocycles. The van der Waals surface area contributed by atoms with E-state index in [9.17, 15) is 14.4 Å². The lowest BCUT2D eigenvalue weighted by Crippen LogP contribution is -2.50. The lowest BCUT2D eigenvalue weighted by Gasteiger charge is -2.36. The van der Waals surface area contributed by atoms with E-state index in [0.717, 1.165) is 22.1 Å². The zero-order valence-corrected chi connectivity index (χ0v) is 19.7. The fourth-order valence-electron chi connectivity index (χ4n) is 4.07. The molecule has 1 fully saturated rings. The van der Waals surface area contributed by atoms with Crippen LogP contribution in [0.3, 0.4) is 0 Å². The van der Waals surface area contributed by atoms with E-state index in [0.29, 0.717) is 31.1 Å². The number of likely N-dealkylation sites (tertiary alicyclic amines) is 1. The van der Waals surface area contributed by atoms with Crippen molar-refractivity contribution < 1.29 is 14.4 Å². The topological polar surface area (TPSA) is 90.8 Å². The van der Waals surface area contributed by atoms with Gasteiger partial charge in [0.15, 0.2) is 0 Å². The molecule has 10 heteroatoms. The van der Waals surface area contributed by atoms with E-state index in [2.05, 4.69) is 32.9 Å². The minimum atomic E-state index is -0.321. The van der Waals surface area contributed by atoms with Crippen molar-refractivity contribution in [1.82, 2.24) is 24.3 Å². The van der Waals surface area contributed by atoms with Crippen LogP contribution in [-0.4, -0.2) is 74.9 Å². The van der Waals surface area contributed by atoms with Crippen LogP contribution in [0, 0.1) is 10.5 Å². The zero-order chi connectivity index (χ0) is 22.1. The second-order valence-corrected chi connectivity index (χ2v) is 9.19. The third kappa shape index (κ3) is 4.53. The van der Waals surface area contributed by atoms with Crippen LogP contribution in [0.1, 0.15) is 24.4 Å². The number of nitrogens with zero attached hydrogens (tertiary/aromatic N) is 5.